The third-order valence-corrected chi connectivity index (χ3v) is 5.50. The Morgan fingerprint density at radius 1 is 1.07 bits per heavy atom. The molecule has 0 bridgehead atoms. The summed E-state index contributed by atoms with van der Waals surface area (Å²) in [7, 11) is 0. The van der Waals surface area contributed by atoms with Gasteiger partial charge in [-0.1, -0.05) is 48.0 Å². The van der Waals surface area contributed by atoms with Crippen LogP contribution in [0.15, 0.2) is 65.8 Å². The molecule has 0 radical (unpaired) electrons. The third kappa shape index (κ3) is 5.14. The summed E-state index contributed by atoms with van der Waals surface area (Å²) in [5.41, 5.74) is 9.42. The molecule has 3 aromatic rings. The maximum absolute atomic E-state index is 12.0. The molecular weight excluding hydrogens is 366 g/mol. The van der Waals surface area contributed by atoms with E-state index in [1.807, 2.05) is 18.2 Å². The van der Waals surface area contributed by atoms with Crippen LogP contribution in [0.3, 0.4) is 0 Å². The van der Waals surface area contributed by atoms with Crippen molar-refractivity contribution in [2.24, 2.45) is 5.10 Å². The molecule has 1 heterocycles. The van der Waals surface area contributed by atoms with E-state index in [-0.39, 0.29) is 5.91 Å². The van der Waals surface area contributed by atoms with Gasteiger partial charge >= 0.3 is 0 Å². The Kier molecular flexibility index (Phi) is 6.71. The van der Waals surface area contributed by atoms with Gasteiger partial charge in [-0.05, 0) is 44.5 Å². The van der Waals surface area contributed by atoms with E-state index in [0.29, 0.717) is 5.75 Å². The first-order valence-electron chi connectivity index (χ1n) is 9.24. The molecule has 0 aliphatic rings. The minimum atomic E-state index is -0.0930. The molecule has 0 fully saturated rings. The second-order valence-electron chi connectivity index (χ2n) is 6.77. The van der Waals surface area contributed by atoms with E-state index in [4.69, 9.17) is 0 Å². The van der Waals surface area contributed by atoms with Crippen molar-refractivity contribution in [3.63, 3.8) is 0 Å². The van der Waals surface area contributed by atoms with Crippen LogP contribution in [0.4, 0.5) is 0 Å². The first-order valence-corrected chi connectivity index (χ1v) is 10.4. The second kappa shape index (κ2) is 9.42. The lowest BCUT2D eigenvalue weighted by Crippen LogP contribution is -2.19. The molecule has 0 saturated heterocycles. The predicted octanol–water partition coefficient (Wildman–Crippen LogP) is 4.79. The van der Waals surface area contributed by atoms with E-state index in [1.165, 1.54) is 11.1 Å². The van der Waals surface area contributed by atoms with Gasteiger partial charge in [0.05, 0.1) is 12.0 Å². The van der Waals surface area contributed by atoms with E-state index < -0.39 is 0 Å². The Bertz CT molecular complexity index is 960. The second-order valence-corrected chi connectivity index (χ2v) is 7.75. The highest BCUT2D eigenvalue weighted by atomic mass is 32.2. The van der Waals surface area contributed by atoms with Crippen LogP contribution in [0.25, 0.3) is 5.69 Å². The van der Waals surface area contributed by atoms with Gasteiger partial charge in [0, 0.05) is 28.4 Å². The average Bonchev–Trinajstić information content (AvgIpc) is 2.97. The Morgan fingerprint density at radius 3 is 2.50 bits per heavy atom. The molecule has 0 unspecified atom stereocenters. The quantitative estimate of drug-likeness (QED) is 0.465. The summed E-state index contributed by atoms with van der Waals surface area (Å²) >= 11 is 1.58. The topological polar surface area (TPSA) is 46.4 Å². The van der Waals surface area contributed by atoms with Gasteiger partial charge in [0.15, 0.2) is 0 Å². The van der Waals surface area contributed by atoms with Crippen molar-refractivity contribution >= 4 is 23.9 Å². The van der Waals surface area contributed by atoms with Crippen molar-refractivity contribution in [2.45, 2.75) is 26.5 Å². The minimum absolute atomic E-state index is 0.0930. The van der Waals surface area contributed by atoms with Crippen LogP contribution in [-0.2, 0) is 10.5 Å². The van der Waals surface area contributed by atoms with Gasteiger partial charge in [-0.25, -0.2) is 5.43 Å². The van der Waals surface area contributed by atoms with Crippen molar-refractivity contribution in [1.29, 1.82) is 0 Å². The normalized spacial score (nSPS) is 11.1. The molecule has 0 aliphatic carbocycles. The monoisotopic (exact) mass is 391 g/mol. The summed E-state index contributed by atoms with van der Waals surface area (Å²) < 4.78 is 2.19. The maximum Gasteiger partial charge on any atom is 0.250 e. The maximum atomic E-state index is 12.0. The molecule has 5 heteroatoms. The SMILES string of the molecule is Cc1ccc(-n2c(C)cc(C=NNC(=O)CSCc3ccccc3)c2C)cc1. The zero-order valence-electron chi connectivity index (χ0n) is 16.5. The van der Waals surface area contributed by atoms with Crippen LogP contribution in [0.1, 0.15) is 28.1 Å². The van der Waals surface area contributed by atoms with Gasteiger partial charge < -0.3 is 4.57 Å². The predicted molar refractivity (Wildman–Crippen MR) is 118 cm³/mol. The molecule has 1 aromatic heterocycles. The minimum Gasteiger partial charge on any atom is -0.318 e. The standard InChI is InChI=1S/C23H25N3OS/c1-17-9-11-22(12-10-17)26-18(2)13-21(19(26)3)14-24-25-23(27)16-28-15-20-7-5-4-6-8-20/h4-14H,15-16H2,1-3H3,(H,25,27). The number of benzene rings is 2. The molecular formula is C23H25N3OS. The van der Waals surface area contributed by atoms with Gasteiger partial charge in [-0.3, -0.25) is 4.79 Å². The summed E-state index contributed by atoms with van der Waals surface area (Å²) in [6.45, 7) is 6.22. The number of hydrazone groups is 1. The largest absolute Gasteiger partial charge is 0.318 e. The lowest BCUT2D eigenvalue weighted by molar-refractivity contribution is -0.118. The summed E-state index contributed by atoms with van der Waals surface area (Å²) in [5.74, 6) is 1.11. The average molecular weight is 392 g/mol. The van der Waals surface area contributed by atoms with Gasteiger partial charge in [0.2, 0.25) is 5.91 Å². The summed E-state index contributed by atoms with van der Waals surface area (Å²) in [4.78, 5) is 12.0. The van der Waals surface area contributed by atoms with Crippen molar-refractivity contribution in [3.8, 4) is 5.69 Å². The lowest BCUT2D eigenvalue weighted by Gasteiger charge is -2.09. The molecule has 0 spiro atoms. The summed E-state index contributed by atoms with van der Waals surface area (Å²) in [6.07, 6.45) is 1.72. The zero-order chi connectivity index (χ0) is 19.9. The molecule has 1 amide bonds. The fourth-order valence-electron chi connectivity index (χ4n) is 3.05. The van der Waals surface area contributed by atoms with Crippen molar-refractivity contribution < 1.29 is 4.79 Å². The smallest absolute Gasteiger partial charge is 0.250 e. The van der Waals surface area contributed by atoms with E-state index in [9.17, 15) is 4.79 Å². The van der Waals surface area contributed by atoms with Crippen molar-refractivity contribution in [1.82, 2.24) is 9.99 Å². The van der Waals surface area contributed by atoms with Gasteiger partial charge in [0.1, 0.15) is 0 Å². The first-order chi connectivity index (χ1) is 13.5. The number of thioether (sulfide) groups is 1. The number of rotatable bonds is 7. The zero-order valence-corrected chi connectivity index (χ0v) is 17.3. The van der Waals surface area contributed by atoms with Gasteiger partial charge in [-0.15, -0.1) is 11.8 Å². The molecule has 1 N–H and O–H groups in total. The number of amides is 1. The fourth-order valence-corrected chi connectivity index (χ4v) is 3.83. The molecule has 0 aliphatic heterocycles. The summed E-state index contributed by atoms with van der Waals surface area (Å²) in [6, 6.07) is 20.6. The number of aromatic nitrogens is 1. The van der Waals surface area contributed by atoms with Crippen LogP contribution in [0.5, 0.6) is 0 Å². The third-order valence-electron chi connectivity index (χ3n) is 4.50. The Balaban J connectivity index is 1.56. The van der Waals surface area contributed by atoms with E-state index >= 15 is 0 Å². The first kappa shape index (κ1) is 20.0. The lowest BCUT2D eigenvalue weighted by atomic mass is 10.2. The highest BCUT2D eigenvalue weighted by Gasteiger charge is 2.09. The number of hydrogen-bond acceptors (Lipinski definition) is 3. The van der Waals surface area contributed by atoms with Crippen LogP contribution >= 0.6 is 11.8 Å². The van der Waals surface area contributed by atoms with Crippen LogP contribution < -0.4 is 5.43 Å². The van der Waals surface area contributed by atoms with E-state index in [0.717, 1.165) is 28.4 Å². The van der Waals surface area contributed by atoms with Gasteiger partial charge in [0.25, 0.3) is 0 Å². The van der Waals surface area contributed by atoms with E-state index in [1.54, 1.807) is 18.0 Å². The molecule has 144 valence electrons. The number of carbonyl (C=O) groups excluding carboxylic acids is 1. The van der Waals surface area contributed by atoms with Crippen LogP contribution in [-0.4, -0.2) is 22.4 Å². The molecule has 4 nitrogen and oxygen atoms in total. The number of aryl methyl sites for hydroxylation is 2. The van der Waals surface area contributed by atoms with Gasteiger partial charge in [-0.2, -0.15) is 5.10 Å². The molecule has 0 atom stereocenters. The number of hydrogen-bond donors (Lipinski definition) is 1. The highest BCUT2D eigenvalue weighted by Crippen LogP contribution is 2.20. The number of nitrogens with zero attached hydrogens (tertiary/aromatic N) is 2. The van der Waals surface area contributed by atoms with E-state index in [2.05, 4.69) is 78.3 Å². The number of nitrogens with one attached hydrogen (secondary N) is 1. The van der Waals surface area contributed by atoms with Crippen LogP contribution in [0, 0.1) is 20.8 Å². The Hall–Kier alpha value is -2.79. The Morgan fingerprint density at radius 2 is 1.79 bits per heavy atom. The molecule has 2 aromatic carbocycles. The molecule has 28 heavy (non-hydrogen) atoms. The fraction of sp³-hybridized carbons (Fsp3) is 0.217. The van der Waals surface area contributed by atoms with Crippen molar-refractivity contribution in [3.05, 3.63) is 88.7 Å². The Labute approximate surface area is 170 Å². The number of carbonyl (C=O) groups is 1. The summed E-state index contributed by atoms with van der Waals surface area (Å²) in [5, 5.41) is 4.14. The highest BCUT2D eigenvalue weighted by molar-refractivity contribution is 7.99. The molecule has 3 rings (SSSR count). The van der Waals surface area contributed by atoms with Crippen molar-refractivity contribution in [2.75, 3.05) is 5.75 Å². The molecule has 0 saturated carbocycles. The van der Waals surface area contributed by atoms with Crippen LogP contribution in [0.2, 0.25) is 0 Å².